The number of aryl methyl sites for hydroxylation is 2. The minimum atomic E-state index is 0.801. The summed E-state index contributed by atoms with van der Waals surface area (Å²) in [5.74, 6) is 1.62. The molecule has 1 aliphatic rings. The van der Waals surface area contributed by atoms with Crippen LogP contribution in [0.15, 0.2) is 48.5 Å². The van der Waals surface area contributed by atoms with E-state index in [1.165, 1.54) is 69.7 Å². The molecule has 2 aromatic carbocycles. The quantitative estimate of drug-likeness (QED) is 0.622. The monoisotopic (exact) mass is 382 g/mol. The summed E-state index contributed by atoms with van der Waals surface area (Å²) in [5.41, 5.74) is 2.77. The first kappa shape index (κ1) is 20.7. The van der Waals surface area contributed by atoms with Gasteiger partial charge in [0.25, 0.3) is 0 Å². The van der Waals surface area contributed by atoms with Gasteiger partial charge in [0.05, 0.1) is 14.2 Å². The summed E-state index contributed by atoms with van der Waals surface area (Å²) in [7, 11) is 3.37. The van der Waals surface area contributed by atoms with Gasteiger partial charge in [0, 0.05) is 26.2 Å². The normalized spacial score (nSPS) is 15.5. The third kappa shape index (κ3) is 6.25. The summed E-state index contributed by atoms with van der Waals surface area (Å²) >= 11 is 0. The van der Waals surface area contributed by atoms with Crippen molar-refractivity contribution in [3.63, 3.8) is 0 Å². The molecule has 0 aromatic heterocycles. The second-order valence-corrected chi connectivity index (χ2v) is 7.57. The fourth-order valence-electron chi connectivity index (χ4n) is 3.93. The Labute approximate surface area is 170 Å². The van der Waals surface area contributed by atoms with Crippen molar-refractivity contribution in [2.45, 2.75) is 25.7 Å². The molecule has 4 nitrogen and oxygen atoms in total. The van der Waals surface area contributed by atoms with E-state index < -0.39 is 0 Å². The van der Waals surface area contributed by atoms with Crippen LogP contribution in [0.5, 0.6) is 11.5 Å². The van der Waals surface area contributed by atoms with Crippen LogP contribution in [0.4, 0.5) is 0 Å². The van der Waals surface area contributed by atoms with Crippen molar-refractivity contribution in [3.05, 3.63) is 59.7 Å². The van der Waals surface area contributed by atoms with Crippen molar-refractivity contribution in [1.82, 2.24) is 9.80 Å². The highest BCUT2D eigenvalue weighted by molar-refractivity contribution is 5.42. The van der Waals surface area contributed by atoms with Crippen molar-refractivity contribution < 1.29 is 9.47 Å². The van der Waals surface area contributed by atoms with Gasteiger partial charge in [0.15, 0.2) is 11.5 Å². The van der Waals surface area contributed by atoms with Crippen molar-refractivity contribution in [2.75, 3.05) is 53.5 Å². The Morgan fingerprint density at radius 2 is 1.25 bits per heavy atom. The van der Waals surface area contributed by atoms with Crippen molar-refractivity contribution in [2.24, 2.45) is 0 Å². The van der Waals surface area contributed by atoms with Gasteiger partial charge in [-0.2, -0.15) is 0 Å². The van der Waals surface area contributed by atoms with E-state index in [1.54, 1.807) is 14.2 Å². The molecule has 28 heavy (non-hydrogen) atoms. The van der Waals surface area contributed by atoms with Crippen LogP contribution in [0.2, 0.25) is 0 Å². The second kappa shape index (κ2) is 11.1. The molecule has 0 spiro atoms. The molecule has 0 atom stereocenters. The number of methoxy groups -OCH3 is 2. The zero-order valence-electron chi connectivity index (χ0n) is 17.4. The Bertz CT molecular complexity index is 697. The lowest BCUT2D eigenvalue weighted by Gasteiger charge is -2.34. The van der Waals surface area contributed by atoms with Crippen LogP contribution in [0.25, 0.3) is 0 Å². The van der Waals surface area contributed by atoms with Gasteiger partial charge < -0.3 is 19.3 Å². The van der Waals surface area contributed by atoms with Crippen molar-refractivity contribution in [3.8, 4) is 11.5 Å². The molecule has 0 aliphatic carbocycles. The molecule has 1 aliphatic heterocycles. The third-order valence-electron chi connectivity index (χ3n) is 5.64. The minimum Gasteiger partial charge on any atom is -0.493 e. The molecule has 3 rings (SSSR count). The highest BCUT2D eigenvalue weighted by atomic mass is 16.5. The van der Waals surface area contributed by atoms with Crippen LogP contribution in [0.1, 0.15) is 24.0 Å². The first-order valence-electron chi connectivity index (χ1n) is 10.5. The van der Waals surface area contributed by atoms with Gasteiger partial charge >= 0.3 is 0 Å². The standard InChI is InChI=1S/C24H34N2O2/c1-27-23-13-12-22(20-24(23)28-2)11-7-15-26-18-16-25(17-19-26)14-6-10-21-8-4-3-5-9-21/h3-5,8-9,12-13,20H,6-7,10-11,14-19H2,1-2H3. The first-order valence-corrected chi connectivity index (χ1v) is 10.5. The third-order valence-corrected chi connectivity index (χ3v) is 5.64. The molecule has 152 valence electrons. The predicted molar refractivity (Wildman–Crippen MR) is 116 cm³/mol. The number of nitrogens with zero attached hydrogens (tertiary/aromatic N) is 2. The number of benzene rings is 2. The molecule has 0 N–H and O–H groups in total. The van der Waals surface area contributed by atoms with Crippen LogP contribution < -0.4 is 9.47 Å². The molecular weight excluding hydrogens is 348 g/mol. The average Bonchev–Trinajstić information content (AvgIpc) is 2.75. The Kier molecular flexibility index (Phi) is 8.19. The molecular formula is C24H34N2O2. The van der Waals surface area contributed by atoms with E-state index in [4.69, 9.17) is 9.47 Å². The second-order valence-electron chi connectivity index (χ2n) is 7.57. The van der Waals surface area contributed by atoms with Gasteiger partial charge in [-0.05, 0) is 62.0 Å². The summed E-state index contributed by atoms with van der Waals surface area (Å²) in [5, 5.41) is 0. The number of hydrogen-bond donors (Lipinski definition) is 0. The fourth-order valence-corrected chi connectivity index (χ4v) is 3.93. The lowest BCUT2D eigenvalue weighted by Crippen LogP contribution is -2.46. The predicted octanol–water partition coefficient (Wildman–Crippen LogP) is 3.89. The SMILES string of the molecule is COc1ccc(CCCN2CCN(CCCc3ccccc3)CC2)cc1OC. The number of ether oxygens (including phenoxy) is 2. The summed E-state index contributed by atoms with van der Waals surface area (Å²) in [6, 6.07) is 17.1. The number of piperazine rings is 1. The van der Waals surface area contributed by atoms with Crippen molar-refractivity contribution >= 4 is 0 Å². The van der Waals surface area contributed by atoms with E-state index in [0.717, 1.165) is 17.9 Å². The Morgan fingerprint density at radius 1 is 0.679 bits per heavy atom. The smallest absolute Gasteiger partial charge is 0.160 e. The minimum absolute atomic E-state index is 0.801. The highest BCUT2D eigenvalue weighted by Crippen LogP contribution is 2.28. The first-order chi connectivity index (χ1) is 13.8. The lowest BCUT2D eigenvalue weighted by molar-refractivity contribution is 0.130. The van der Waals surface area contributed by atoms with E-state index in [9.17, 15) is 0 Å². The maximum absolute atomic E-state index is 5.40. The zero-order valence-corrected chi connectivity index (χ0v) is 17.4. The molecule has 0 bridgehead atoms. The van der Waals surface area contributed by atoms with Crippen LogP contribution >= 0.6 is 0 Å². The summed E-state index contributed by atoms with van der Waals surface area (Å²) in [6.45, 7) is 7.17. The Hall–Kier alpha value is -2.04. The largest absolute Gasteiger partial charge is 0.493 e. The molecule has 0 amide bonds. The van der Waals surface area contributed by atoms with E-state index >= 15 is 0 Å². The summed E-state index contributed by atoms with van der Waals surface area (Å²) in [6.07, 6.45) is 4.71. The van der Waals surface area contributed by atoms with Crippen LogP contribution in [-0.2, 0) is 12.8 Å². The average molecular weight is 383 g/mol. The van der Waals surface area contributed by atoms with E-state index in [2.05, 4.69) is 52.3 Å². The Balaban J connectivity index is 1.31. The van der Waals surface area contributed by atoms with Crippen LogP contribution in [0.3, 0.4) is 0 Å². The Morgan fingerprint density at radius 3 is 1.82 bits per heavy atom. The number of rotatable bonds is 10. The highest BCUT2D eigenvalue weighted by Gasteiger charge is 2.16. The topological polar surface area (TPSA) is 24.9 Å². The van der Waals surface area contributed by atoms with E-state index in [1.807, 2.05) is 6.07 Å². The van der Waals surface area contributed by atoms with E-state index in [-0.39, 0.29) is 0 Å². The zero-order chi connectivity index (χ0) is 19.6. The fraction of sp³-hybridized carbons (Fsp3) is 0.500. The van der Waals surface area contributed by atoms with Crippen molar-refractivity contribution in [1.29, 1.82) is 0 Å². The van der Waals surface area contributed by atoms with Gasteiger partial charge in [0.2, 0.25) is 0 Å². The van der Waals surface area contributed by atoms with Gasteiger partial charge in [0.1, 0.15) is 0 Å². The molecule has 0 saturated carbocycles. The van der Waals surface area contributed by atoms with Crippen LogP contribution in [0, 0.1) is 0 Å². The maximum atomic E-state index is 5.40. The molecule has 0 radical (unpaired) electrons. The van der Waals surface area contributed by atoms with Gasteiger partial charge in [-0.3, -0.25) is 0 Å². The van der Waals surface area contributed by atoms with Crippen LogP contribution in [-0.4, -0.2) is 63.3 Å². The van der Waals surface area contributed by atoms with Gasteiger partial charge in [-0.15, -0.1) is 0 Å². The number of hydrogen-bond acceptors (Lipinski definition) is 4. The molecule has 2 aromatic rings. The van der Waals surface area contributed by atoms with Gasteiger partial charge in [-0.25, -0.2) is 0 Å². The van der Waals surface area contributed by atoms with Gasteiger partial charge in [-0.1, -0.05) is 36.4 Å². The lowest BCUT2D eigenvalue weighted by atomic mass is 10.1. The molecule has 1 saturated heterocycles. The molecule has 0 unspecified atom stereocenters. The molecule has 1 heterocycles. The molecule has 1 fully saturated rings. The van der Waals surface area contributed by atoms with E-state index in [0.29, 0.717) is 0 Å². The summed E-state index contributed by atoms with van der Waals surface area (Å²) in [4.78, 5) is 5.22. The molecule has 4 heteroatoms. The maximum Gasteiger partial charge on any atom is 0.160 e. The summed E-state index contributed by atoms with van der Waals surface area (Å²) < 4.78 is 10.7.